The van der Waals surface area contributed by atoms with Gasteiger partial charge in [-0.2, -0.15) is 4.99 Å². The first kappa shape index (κ1) is 13.7. The fraction of sp³-hybridized carbons (Fsp3) is 0.533. The molecule has 0 aliphatic carbocycles. The quantitative estimate of drug-likeness (QED) is 0.681. The van der Waals surface area contributed by atoms with Gasteiger partial charge in [0, 0.05) is 0 Å². The molecule has 0 aliphatic rings. The summed E-state index contributed by atoms with van der Waals surface area (Å²) in [7, 11) is 0. The van der Waals surface area contributed by atoms with Crippen molar-refractivity contribution >= 4 is 11.7 Å². The molecule has 92 valence electrons. The molecule has 2 nitrogen and oxygen atoms in total. The van der Waals surface area contributed by atoms with Crippen molar-refractivity contribution in [2.75, 3.05) is 0 Å². The highest BCUT2D eigenvalue weighted by Gasteiger charge is 2.24. The summed E-state index contributed by atoms with van der Waals surface area (Å²) in [6.45, 7) is 13.0. The van der Waals surface area contributed by atoms with Crippen LogP contribution in [-0.2, 0) is 10.8 Å². The van der Waals surface area contributed by atoms with Gasteiger partial charge in [0.05, 0.1) is 11.7 Å². The molecule has 0 fully saturated rings. The maximum Gasteiger partial charge on any atom is 0.0918 e. The monoisotopic (exact) mass is 230 g/mol. The first-order valence-electron chi connectivity index (χ1n) is 5.94. The summed E-state index contributed by atoms with van der Waals surface area (Å²) >= 11 is 0. The number of aliphatic imine (C=N–C) groups is 1. The fourth-order valence-electron chi connectivity index (χ4n) is 1.93. The molecule has 17 heavy (non-hydrogen) atoms. The molecule has 0 heterocycles. The lowest BCUT2D eigenvalue weighted by Gasteiger charge is -2.27. The molecule has 0 saturated heterocycles. The first-order chi connectivity index (χ1) is 7.68. The summed E-state index contributed by atoms with van der Waals surface area (Å²) in [5.41, 5.74) is 3.30. The highest BCUT2D eigenvalue weighted by molar-refractivity contribution is 5.62. The molecule has 1 N–H and O–H groups in total. The van der Waals surface area contributed by atoms with Gasteiger partial charge in [0.1, 0.15) is 0 Å². The molecule has 1 aromatic rings. The molecule has 2 heteroatoms. The first-order valence-corrected chi connectivity index (χ1v) is 5.94. The molecule has 0 aliphatic heterocycles. The normalized spacial score (nSPS) is 12.1. The molecule has 0 bridgehead atoms. The van der Waals surface area contributed by atoms with Crippen molar-refractivity contribution in [2.45, 2.75) is 52.4 Å². The van der Waals surface area contributed by atoms with Crippen molar-refractivity contribution < 1.29 is 0 Å². The van der Waals surface area contributed by atoms with E-state index in [0.717, 1.165) is 5.69 Å². The third kappa shape index (κ3) is 3.04. The second kappa shape index (κ2) is 4.46. The van der Waals surface area contributed by atoms with E-state index in [2.05, 4.69) is 70.7 Å². The van der Waals surface area contributed by atoms with E-state index in [1.54, 1.807) is 0 Å². The molecule has 0 unspecified atom stereocenters. The van der Waals surface area contributed by atoms with Gasteiger partial charge in [-0.05, 0) is 22.0 Å². The van der Waals surface area contributed by atoms with Crippen molar-refractivity contribution in [2.24, 2.45) is 4.99 Å². The van der Waals surface area contributed by atoms with Crippen molar-refractivity contribution in [3.8, 4) is 0 Å². The second-order valence-corrected chi connectivity index (χ2v) is 6.43. The Bertz CT molecular complexity index is 421. The summed E-state index contributed by atoms with van der Waals surface area (Å²) in [5.74, 6) is 0. The van der Waals surface area contributed by atoms with Gasteiger partial charge in [0.25, 0.3) is 0 Å². The van der Waals surface area contributed by atoms with Crippen LogP contribution >= 0.6 is 0 Å². The van der Waals surface area contributed by atoms with Crippen LogP contribution in [0.1, 0.15) is 52.7 Å². The highest BCUT2D eigenvalue weighted by atomic mass is 14.8. The molecule has 1 rings (SSSR count). The van der Waals surface area contributed by atoms with Crippen LogP contribution in [0.25, 0.3) is 0 Å². The van der Waals surface area contributed by atoms with Gasteiger partial charge in [0.2, 0.25) is 0 Å². The summed E-state index contributed by atoms with van der Waals surface area (Å²) < 4.78 is 0. The Morgan fingerprint density at radius 1 is 0.941 bits per heavy atom. The Morgan fingerprint density at radius 2 is 1.35 bits per heavy atom. The Hall–Kier alpha value is -1.40. The lowest BCUT2D eigenvalue weighted by Crippen LogP contribution is -2.16. The van der Waals surface area contributed by atoms with E-state index in [0.29, 0.717) is 0 Å². The average molecular weight is 230 g/mol. The smallest absolute Gasteiger partial charge is 0.0918 e. The van der Waals surface area contributed by atoms with Crippen molar-refractivity contribution in [1.82, 2.24) is 0 Å². The van der Waals surface area contributed by atoms with Crippen LogP contribution in [0.2, 0.25) is 0 Å². The van der Waals surface area contributed by atoms with E-state index in [1.165, 1.54) is 11.1 Å². The molecule has 0 aromatic heterocycles. The number of para-hydroxylation sites is 1. The largest absolute Gasteiger partial charge is 0.241 e. The summed E-state index contributed by atoms with van der Waals surface area (Å²) in [6.07, 6.45) is 0. The Balaban J connectivity index is 3.60. The van der Waals surface area contributed by atoms with Crippen LogP contribution in [0.4, 0.5) is 5.69 Å². The van der Waals surface area contributed by atoms with Gasteiger partial charge in [0.15, 0.2) is 0 Å². The summed E-state index contributed by atoms with van der Waals surface area (Å²) in [4.78, 5) is 4.16. The lowest BCUT2D eigenvalue weighted by molar-refractivity contribution is 0.571. The minimum absolute atomic E-state index is 0.0247. The average Bonchev–Trinajstić information content (AvgIpc) is 2.15. The fourth-order valence-corrected chi connectivity index (χ4v) is 1.93. The van der Waals surface area contributed by atoms with E-state index in [9.17, 15) is 0 Å². The zero-order valence-electron chi connectivity index (χ0n) is 11.7. The van der Waals surface area contributed by atoms with Gasteiger partial charge in [-0.1, -0.05) is 59.7 Å². The third-order valence-corrected chi connectivity index (χ3v) is 2.82. The predicted molar refractivity (Wildman–Crippen MR) is 73.7 cm³/mol. The topological polar surface area (TPSA) is 36.2 Å². The van der Waals surface area contributed by atoms with Crippen LogP contribution in [0.15, 0.2) is 23.2 Å². The van der Waals surface area contributed by atoms with E-state index < -0.39 is 0 Å². The standard InChI is InChI=1S/C15H22N2/c1-14(2,3)11-8-7-9-12(15(4,5)6)13(11)17-10-16/h7-9,16H,1-6H3. The number of rotatable bonds is 1. The molecular formula is C15H22N2. The maximum absolute atomic E-state index is 7.13. The Kier molecular flexibility index (Phi) is 3.59. The van der Waals surface area contributed by atoms with Crippen LogP contribution < -0.4 is 0 Å². The summed E-state index contributed by atoms with van der Waals surface area (Å²) in [5, 5.41) is 7.13. The van der Waals surface area contributed by atoms with E-state index in [-0.39, 0.29) is 10.8 Å². The van der Waals surface area contributed by atoms with Crippen molar-refractivity contribution in [3.05, 3.63) is 29.3 Å². The van der Waals surface area contributed by atoms with Crippen LogP contribution in [0.3, 0.4) is 0 Å². The Labute approximate surface area is 104 Å². The Morgan fingerprint density at radius 3 is 1.65 bits per heavy atom. The number of benzene rings is 1. The van der Waals surface area contributed by atoms with Crippen LogP contribution in [0, 0.1) is 5.41 Å². The summed E-state index contributed by atoms with van der Waals surface area (Å²) in [6, 6.07) is 8.43. The molecule has 1 aromatic carbocycles. The third-order valence-electron chi connectivity index (χ3n) is 2.82. The molecule has 0 amide bonds. The number of hydrogen-bond donors (Lipinski definition) is 1. The number of nitrogens with one attached hydrogen (secondary N) is 1. The number of nitrogens with zero attached hydrogens (tertiary/aromatic N) is 1. The second-order valence-electron chi connectivity index (χ2n) is 6.43. The molecule has 0 atom stereocenters. The predicted octanol–water partition coefficient (Wildman–Crippen LogP) is 4.67. The van der Waals surface area contributed by atoms with Crippen molar-refractivity contribution in [1.29, 1.82) is 5.41 Å². The molecule has 0 radical (unpaired) electrons. The zero-order valence-corrected chi connectivity index (χ0v) is 11.7. The van der Waals surface area contributed by atoms with E-state index in [4.69, 9.17) is 5.41 Å². The van der Waals surface area contributed by atoms with Crippen molar-refractivity contribution in [3.63, 3.8) is 0 Å². The highest BCUT2D eigenvalue weighted by Crippen LogP contribution is 2.39. The van der Waals surface area contributed by atoms with Gasteiger partial charge < -0.3 is 0 Å². The van der Waals surface area contributed by atoms with E-state index in [1.807, 2.05) is 0 Å². The lowest BCUT2D eigenvalue weighted by atomic mass is 9.79. The van der Waals surface area contributed by atoms with Gasteiger partial charge in [-0.3, -0.25) is 0 Å². The minimum atomic E-state index is 0.0247. The SMILES string of the molecule is CC(C)(C)c1cccc(C(C)(C)C)c1N=C=N. The molecular weight excluding hydrogens is 208 g/mol. The molecule has 0 spiro atoms. The van der Waals surface area contributed by atoms with Gasteiger partial charge in [-0.25, -0.2) is 5.41 Å². The molecule has 0 saturated carbocycles. The minimum Gasteiger partial charge on any atom is -0.241 e. The zero-order chi connectivity index (χ0) is 13.3. The van der Waals surface area contributed by atoms with Gasteiger partial charge in [-0.15, -0.1) is 0 Å². The number of hydrogen-bond acceptors (Lipinski definition) is 2. The van der Waals surface area contributed by atoms with Crippen LogP contribution in [0.5, 0.6) is 0 Å². The maximum atomic E-state index is 7.13. The van der Waals surface area contributed by atoms with Crippen LogP contribution in [-0.4, -0.2) is 6.01 Å². The van der Waals surface area contributed by atoms with E-state index >= 15 is 0 Å². The van der Waals surface area contributed by atoms with Gasteiger partial charge >= 0.3 is 0 Å².